The molecule has 1 saturated heterocycles. The molecule has 0 aromatic heterocycles. The Balaban J connectivity index is 1.51. The van der Waals surface area contributed by atoms with Gasteiger partial charge in [-0.1, -0.05) is 23.4 Å². The monoisotopic (exact) mass is 502 g/mol. The second-order valence-corrected chi connectivity index (χ2v) is 8.20. The summed E-state index contributed by atoms with van der Waals surface area (Å²) in [5, 5.41) is 46.0. The molecule has 2 heterocycles. The van der Waals surface area contributed by atoms with Crippen LogP contribution in [0.25, 0.3) is 0 Å². The summed E-state index contributed by atoms with van der Waals surface area (Å²) >= 11 is 0. The van der Waals surface area contributed by atoms with Crippen molar-refractivity contribution in [3.8, 4) is 5.75 Å². The zero-order valence-electron chi connectivity index (χ0n) is 19.1. The Hall–Kier alpha value is -3.55. The maximum absolute atomic E-state index is 13.1. The lowest BCUT2D eigenvalue weighted by Crippen LogP contribution is -2.60. The van der Waals surface area contributed by atoms with Gasteiger partial charge in [0.1, 0.15) is 41.8 Å². The smallest absolute Gasteiger partial charge is 0.351 e. The quantitative estimate of drug-likeness (QED) is 0.307. The van der Waals surface area contributed by atoms with Crippen LogP contribution in [0.4, 0.5) is 5.69 Å². The highest BCUT2D eigenvalue weighted by Crippen LogP contribution is 2.29. The van der Waals surface area contributed by atoms with E-state index in [0.29, 0.717) is 11.3 Å². The highest BCUT2D eigenvalue weighted by Gasteiger charge is 2.46. The number of benzene rings is 2. The van der Waals surface area contributed by atoms with E-state index in [2.05, 4.69) is 10.5 Å². The topological polar surface area (TPSA) is 176 Å². The number of methoxy groups -OCH3 is 1. The molecule has 5 N–H and O–H groups in total. The van der Waals surface area contributed by atoms with Crippen molar-refractivity contribution in [1.29, 1.82) is 0 Å². The van der Waals surface area contributed by atoms with E-state index in [4.69, 9.17) is 19.0 Å². The normalized spacial score (nSPS) is 29.6. The van der Waals surface area contributed by atoms with Gasteiger partial charge in [-0.2, -0.15) is 0 Å². The molecule has 7 atom stereocenters. The van der Waals surface area contributed by atoms with Crippen LogP contribution < -0.4 is 10.1 Å². The number of ether oxygens (including phenoxy) is 3. The van der Waals surface area contributed by atoms with Gasteiger partial charge in [0.15, 0.2) is 0 Å². The zero-order chi connectivity index (χ0) is 25.8. The molecule has 0 bridgehead atoms. The minimum Gasteiger partial charge on any atom is -0.466 e. The maximum Gasteiger partial charge on any atom is 0.351 e. The third kappa shape index (κ3) is 5.17. The number of rotatable bonds is 7. The first kappa shape index (κ1) is 25.5. The highest BCUT2D eigenvalue weighted by molar-refractivity contribution is 6.19. The van der Waals surface area contributed by atoms with Crippen LogP contribution in [0.3, 0.4) is 0 Å². The first-order valence-corrected chi connectivity index (χ1v) is 11.1. The lowest BCUT2D eigenvalue weighted by molar-refractivity contribution is -0.277. The van der Waals surface area contributed by atoms with E-state index >= 15 is 0 Å². The van der Waals surface area contributed by atoms with Crippen molar-refractivity contribution in [2.45, 2.75) is 36.8 Å². The molecule has 192 valence electrons. The largest absolute Gasteiger partial charge is 0.466 e. The number of aliphatic hydroxyl groups is 4. The third-order valence-electron chi connectivity index (χ3n) is 5.87. The molecular weight excluding hydrogens is 476 g/mol. The van der Waals surface area contributed by atoms with Gasteiger partial charge in [-0.15, -0.1) is 0 Å². The Morgan fingerprint density at radius 1 is 1.00 bits per heavy atom. The molecule has 7 unspecified atom stereocenters. The van der Waals surface area contributed by atoms with Gasteiger partial charge < -0.3 is 44.8 Å². The number of aliphatic hydroxyl groups excluding tert-OH is 4. The predicted molar refractivity (Wildman–Crippen MR) is 123 cm³/mol. The molecule has 4 rings (SSSR count). The molecule has 0 aliphatic carbocycles. The Kier molecular flexibility index (Phi) is 7.82. The van der Waals surface area contributed by atoms with Crippen LogP contribution in [0.1, 0.15) is 5.56 Å². The van der Waals surface area contributed by atoms with E-state index in [9.17, 15) is 30.0 Å². The molecule has 2 aliphatic rings. The summed E-state index contributed by atoms with van der Waals surface area (Å²) in [7, 11) is 1.18. The fourth-order valence-corrected chi connectivity index (χ4v) is 3.91. The van der Waals surface area contributed by atoms with Crippen LogP contribution in [-0.2, 0) is 23.9 Å². The van der Waals surface area contributed by atoms with Crippen LogP contribution in [0.5, 0.6) is 5.75 Å². The van der Waals surface area contributed by atoms with Gasteiger partial charge in [0, 0.05) is 11.3 Å². The van der Waals surface area contributed by atoms with E-state index in [1.165, 1.54) is 19.2 Å². The fraction of sp³-hybridized carbons (Fsp3) is 0.375. The van der Waals surface area contributed by atoms with Gasteiger partial charge in [-0.05, 0) is 36.4 Å². The first-order chi connectivity index (χ1) is 17.3. The summed E-state index contributed by atoms with van der Waals surface area (Å²) in [6, 6.07) is 14.8. The number of oxime groups is 1. The number of amides is 1. The van der Waals surface area contributed by atoms with E-state index in [0.717, 1.165) is 0 Å². The molecule has 36 heavy (non-hydrogen) atoms. The number of carbonyl (C=O) groups is 2. The molecule has 0 saturated carbocycles. The Bertz CT molecular complexity index is 1090. The lowest BCUT2D eigenvalue weighted by atomic mass is 9.91. The van der Waals surface area contributed by atoms with E-state index in [1.54, 1.807) is 42.5 Å². The number of nitrogens with zero attached hydrogens (tertiary/aromatic N) is 1. The van der Waals surface area contributed by atoms with Crippen molar-refractivity contribution >= 4 is 23.3 Å². The number of hydrogen-bond donors (Lipinski definition) is 5. The molecule has 12 heteroatoms. The van der Waals surface area contributed by atoms with Crippen LogP contribution >= 0.6 is 0 Å². The van der Waals surface area contributed by atoms with E-state index < -0.39 is 61.2 Å². The van der Waals surface area contributed by atoms with Gasteiger partial charge in [0.25, 0.3) is 0 Å². The van der Waals surface area contributed by atoms with Crippen LogP contribution in [0.15, 0.2) is 59.8 Å². The number of esters is 1. The number of carbonyl (C=O) groups excluding carboxylic acids is 2. The van der Waals surface area contributed by atoms with Crippen LogP contribution in [0, 0.1) is 5.92 Å². The van der Waals surface area contributed by atoms with Crippen LogP contribution in [0.2, 0.25) is 0 Å². The van der Waals surface area contributed by atoms with E-state index in [1.807, 2.05) is 0 Å². The second kappa shape index (κ2) is 11.0. The zero-order valence-corrected chi connectivity index (χ0v) is 19.1. The number of anilines is 1. The molecule has 2 aromatic carbocycles. The van der Waals surface area contributed by atoms with Crippen molar-refractivity contribution in [3.05, 3.63) is 60.2 Å². The average Bonchev–Trinajstić information content (AvgIpc) is 3.35. The second-order valence-electron chi connectivity index (χ2n) is 8.20. The Morgan fingerprint density at radius 2 is 1.69 bits per heavy atom. The van der Waals surface area contributed by atoms with Crippen molar-refractivity contribution in [2.75, 3.05) is 19.0 Å². The molecule has 12 nitrogen and oxygen atoms in total. The van der Waals surface area contributed by atoms with E-state index in [-0.39, 0.29) is 11.5 Å². The van der Waals surface area contributed by atoms with Crippen molar-refractivity contribution < 1.29 is 49.1 Å². The Morgan fingerprint density at radius 3 is 2.33 bits per heavy atom. The SMILES string of the molecule is COC(=O)C1ON=C(c2ccc(OC3OC(CO)C(O)C(O)C3O)cc2)C1C(=O)Nc1ccccc1. The number of nitrogens with one attached hydrogen (secondary N) is 1. The van der Waals surface area contributed by atoms with Crippen molar-refractivity contribution in [3.63, 3.8) is 0 Å². The van der Waals surface area contributed by atoms with Gasteiger partial charge in [-0.25, -0.2) is 4.79 Å². The number of para-hydroxylation sites is 1. The maximum atomic E-state index is 13.1. The highest BCUT2D eigenvalue weighted by atomic mass is 16.7. The molecule has 0 radical (unpaired) electrons. The summed E-state index contributed by atoms with van der Waals surface area (Å²) in [5.41, 5.74) is 1.18. The molecule has 2 aliphatic heterocycles. The summed E-state index contributed by atoms with van der Waals surface area (Å²) in [5.74, 6) is -2.16. The average molecular weight is 502 g/mol. The standard InChI is InChI=1S/C24H26N2O10/c1-33-23(32)21-16(22(31)25-13-5-3-2-4-6-13)17(26-36-21)12-7-9-14(10-8-12)34-24-20(30)19(29)18(28)15(11-27)35-24/h2-10,15-16,18-21,24,27-30H,11H2,1H3,(H,25,31). The van der Waals surface area contributed by atoms with Gasteiger partial charge in [0.05, 0.1) is 13.7 Å². The van der Waals surface area contributed by atoms with Crippen molar-refractivity contribution in [1.82, 2.24) is 0 Å². The summed E-state index contributed by atoms with van der Waals surface area (Å²) in [6.07, 6.45) is -8.40. The molecular formula is C24H26N2O10. The van der Waals surface area contributed by atoms with Crippen LogP contribution in [-0.4, -0.2) is 88.5 Å². The van der Waals surface area contributed by atoms with Gasteiger partial charge in [0.2, 0.25) is 18.3 Å². The molecule has 0 spiro atoms. The van der Waals surface area contributed by atoms with Crippen molar-refractivity contribution in [2.24, 2.45) is 11.1 Å². The minimum absolute atomic E-state index is 0.193. The lowest BCUT2D eigenvalue weighted by Gasteiger charge is -2.39. The fourth-order valence-electron chi connectivity index (χ4n) is 3.91. The summed E-state index contributed by atoms with van der Waals surface area (Å²) < 4.78 is 15.7. The summed E-state index contributed by atoms with van der Waals surface area (Å²) in [6.45, 7) is -0.586. The third-order valence-corrected chi connectivity index (χ3v) is 5.87. The molecule has 2 aromatic rings. The Labute approximate surface area is 205 Å². The first-order valence-electron chi connectivity index (χ1n) is 11.1. The molecule has 1 amide bonds. The van der Waals surface area contributed by atoms with Gasteiger partial charge >= 0.3 is 5.97 Å². The molecule has 1 fully saturated rings. The minimum atomic E-state index is -1.58. The van der Waals surface area contributed by atoms with Gasteiger partial charge in [-0.3, -0.25) is 4.79 Å². The number of hydrogen-bond acceptors (Lipinski definition) is 11. The predicted octanol–water partition coefficient (Wildman–Crippen LogP) is -0.604. The summed E-state index contributed by atoms with van der Waals surface area (Å²) in [4.78, 5) is 30.6.